The SMILES string of the molecule is CCCCCCCCCCCCCCCCCCOC[C@H](COP(=O)([O-])C(CC)[N+](C)(C)CCC(O)O)OC. The molecular weight excluding hydrogens is 517 g/mol. The highest BCUT2D eigenvalue weighted by Crippen LogP contribution is 2.48. The van der Waals surface area contributed by atoms with Crippen LogP contribution in [0.3, 0.4) is 0 Å². The minimum atomic E-state index is -4.21. The van der Waals surface area contributed by atoms with Gasteiger partial charge in [0.2, 0.25) is 0 Å². The Bertz CT molecular complexity index is 592. The summed E-state index contributed by atoms with van der Waals surface area (Å²) >= 11 is 0. The Morgan fingerprint density at radius 3 is 1.64 bits per heavy atom. The molecule has 0 fully saturated rings. The molecule has 9 heteroatoms. The molecule has 8 nitrogen and oxygen atoms in total. The summed E-state index contributed by atoms with van der Waals surface area (Å²) in [5.74, 6) is -0.778. The van der Waals surface area contributed by atoms with Crippen molar-refractivity contribution in [1.82, 2.24) is 0 Å². The highest BCUT2D eigenvalue weighted by atomic mass is 31.2. The zero-order valence-corrected chi connectivity index (χ0v) is 27.0. The summed E-state index contributed by atoms with van der Waals surface area (Å²) < 4.78 is 29.5. The van der Waals surface area contributed by atoms with Crippen molar-refractivity contribution in [3.63, 3.8) is 0 Å². The molecule has 236 valence electrons. The van der Waals surface area contributed by atoms with Gasteiger partial charge in [0.05, 0.1) is 33.9 Å². The first-order valence-corrected chi connectivity index (χ1v) is 17.5. The molecule has 0 aromatic rings. The predicted molar refractivity (Wildman–Crippen MR) is 159 cm³/mol. The highest BCUT2D eigenvalue weighted by Gasteiger charge is 2.37. The maximum atomic E-state index is 12.9. The number of hydrogen-bond donors (Lipinski definition) is 2. The molecule has 3 atom stereocenters. The fourth-order valence-electron chi connectivity index (χ4n) is 5.12. The lowest BCUT2D eigenvalue weighted by Gasteiger charge is -2.44. The largest absolute Gasteiger partial charge is 0.774 e. The number of hydrogen-bond acceptors (Lipinski definition) is 7. The van der Waals surface area contributed by atoms with Crippen LogP contribution in [0.5, 0.6) is 0 Å². The Labute approximate surface area is 240 Å². The van der Waals surface area contributed by atoms with Crippen molar-refractivity contribution < 1.29 is 38.2 Å². The van der Waals surface area contributed by atoms with E-state index in [0.29, 0.717) is 26.2 Å². The van der Waals surface area contributed by atoms with E-state index in [2.05, 4.69) is 6.92 Å². The third kappa shape index (κ3) is 21.3. The Balaban J connectivity index is 3.85. The first-order chi connectivity index (χ1) is 18.6. The molecule has 0 aromatic heterocycles. The third-order valence-corrected chi connectivity index (χ3v) is 9.95. The number of methoxy groups -OCH3 is 1. The lowest BCUT2D eigenvalue weighted by Crippen LogP contribution is -2.51. The molecule has 0 bridgehead atoms. The number of unbranched alkanes of at least 4 members (excludes halogenated alkanes) is 15. The molecule has 2 unspecified atom stereocenters. The van der Waals surface area contributed by atoms with Crippen molar-refractivity contribution in [2.45, 2.75) is 148 Å². The van der Waals surface area contributed by atoms with E-state index in [0.717, 1.165) is 12.8 Å². The number of aliphatic hydroxyl groups is 2. The molecule has 0 aliphatic carbocycles. The molecule has 0 saturated heterocycles. The minimum absolute atomic E-state index is 0.0879. The van der Waals surface area contributed by atoms with Crippen LogP contribution in [0.15, 0.2) is 0 Å². The maximum Gasteiger partial charge on any atom is 0.193 e. The van der Waals surface area contributed by atoms with Crippen LogP contribution < -0.4 is 4.89 Å². The topological polar surface area (TPSA) is 108 Å². The van der Waals surface area contributed by atoms with Crippen LogP contribution in [-0.2, 0) is 18.6 Å². The van der Waals surface area contributed by atoms with Crippen molar-refractivity contribution in [3.05, 3.63) is 0 Å². The standard InChI is InChI=1S/C30H64NO7P/c1-6-8-9-10-11-12-13-14-15-16-17-18-19-20-21-22-25-37-26-28(36-5)27-38-39(34,35)29(7-2)31(3,4)24-23-30(32)33/h28-30,32-33H,6-27H2,1-5H3/t28-,29?/m1/s1. The molecule has 0 aliphatic rings. The summed E-state index contributed by atoms with van der Waals surface area (Å²) in [6.45, 7) is 5.21. The van der Waals surface area contributed by atoms with Gasteiger partial charge in [0.25, 0.3) is 0 Å². The van der Waals surface area contributed by atoms with E-state index in [9.17, 15) is 9.46 Å². The van der Waals surface area contributed by atoms with Crippen molar-refractivity contribution in [1.29, 1.82) is 0 Å². The molecule has 0 radical (unpaired) electrons. The summed E-state index contributed by atoms with van der Waals surface area (Å²) in [4.78, 5) is 12.9. The van der Waals surface area contributed by atoms with E-state index in [1.54, 1.807) is 21.0 Å². The van der Waals surface area contributed by atoms with Crippen LogP contribution in [0.1, 0.15) is 129 Å². The molecule has 2 N–H and O–H groups in total. The van der Waals surface area contributed by atoms with E-state index in [-0.39, 0.29) is 17.5 Å². The van der Waals surface area contributed by atoms with Gasteiger partial charge in [-0.3, -0.25) is 0 Å². The number of ether oxygens (including phenoxy) is 2. The fourth-order valence-corrected chi connectivity index (χ4v) is 7.00. The average Bonchev–Trinajstić information content (AvgIpc) is 2.88. The van der Waals surface area contributed by atoms with E-state index in [1.807, 2.05) is 0 Å². The average molecular weight is 582 g/mol. The molecule has 0 rings (SSSR count). The summed E-state index contributed by atoms with van der Waals surface area (Å²) in [6.07, 6.45) is 19.8. The van der Waals surface area contributed by atoms with Gasteiger partial charge in [-0.25, -0.2) is 0 Å². The zero-order valence-electron chi connectivity index (χ0n) is 26.1. The molecule has 0 aromatic carbocycles. The molecule has 0 heterocycles. The smallest absolute Gasteiger partial charge is 0.193 e. The second kappa shape index (κ2) is 24.5. The van der Waals surface area contributed by atoms with Crippen LogP contribution in [0.2, 0.25) is 0 Å². The second-order valence-corrected chi connectivity index (χ2v) is 13.7. The van der Waals surface area contributed by atoms with E-state index < -0.39 is 25.8 Å². The van der Waals surface area contributed by atoms with Crippen LogP contribution >= 0.6 is 7.60 Å². The van der Waals surface area contributed by atoms with Crippen molar-refractivity contribution in [2.75, 3.05) is 47.6 Å². The Morgan fingerprint density at radius 1 is 0.769 bits per heavy atom. The van der Waals surface area contributed by atoms with Crippen LogP contribution in [0.25, 0.3) is 0 Å². The fraction of sp³-hybridized carbons (Fsp3) is 1.00. The van der Waals surface area contributed by atoms with Gasteiger partial charge in [-0.15, -0.1) is 0 Å². The van der Waals surface area contributed by atoms with Crippen molar-refractivity contribution in [3.8, 4) is 0 Å². The Morgan fingerprint density at radius 2 is 1.23 bits per heavy atom. The number of quaternary nitrogens is 1. The van der Waals surface area contributed by atoms with Gasteiger partial charge < -0.3 is 38.2 Å². The summed E-state index contributed by atoms with van der Waals surface area (Å²) in [7, 11) is 0.850. The molecular formula is C30H64NO7P. The van der Waals surface area contributed by atoms with Crippen LogP contribution in [0.4, 0.5) is 0 Å². The van der Waals surface area contributed by atoms with Crippen LogP contribution in [0, 0.1) is 0 Å². The molecule has 0 amide bonds. The van der Waals surface area contributed by atoms with Gasteiger partial charge in [0.15, 0.2) is 19.7 Å². The quantitative estimate of drug-likeness (QED) is 0.0458. The van der Waals surface area contributed by atoms with Gasteiger partial charge in [-0.05, 0) is 6.42 Å². The molecule has 0 spiro atoms. The first-order valence-electron chi connectivity index (χ1n) is 15.8. The number of nitrogens with zero attached hydrogens (tertiary/aromatic N) is 1. The van der Waals surface area contributed by atoms with Gasteiger partial charge in [0, 0.05) is 26.6 Å². The summed E-state index contributed by atoms with van der Waals surface area (Å²) in [6, 6.07) is 0. The third-order valence-electron chi connectivity index (χ3n) is 7.72. The summed E-state index contributed by atoms with van der Waals surface area (Å²) in [5, 5.41) is 18.3. The predicted octanol–water partition coefficient (Wildman–Crippen LogP) is 6.36. The normalized spacial score (nSPS) is 15.5. The van der Waals surface area contributed by atoms with Gasteiger partial charge in [-0.2, -0.15) is 0 Å². The van der Waals surface area contributed by atoms with E-state index in [4.69, 9.17) is 24.2 Å². The van der Waals surface area contributed by atoms with Gasteiger partial charge in [-0.1, -0.05) is 110 Å². The van der Waals surface area contributed by atoms with E-state index in [1.165, 1.54) is 97.0 Å². The van der Waals surface area contributed by atoms with Crippen molar-refractivity contribution >= 4 is 7.60 Å². The summed E-state index contributed by atoms with van der Waals surface area (Å²) in [5.41, 5.74) is 0. The first kappa shape index (κ1) is 39.0. The minimum Gasteiger partial charge on any atom is -0.774 e. The van der Waals surface area contributed by atoms with E-state index >= 15 is 0 Å². The number of aliphatic hydroxyl groups excluding tert-OH is 1. The zero-order chi connectivity index (χ0) is 29.4. The monoisotopic (exact) mass is 581 g/mol. The van der Waals surface area contributed by atoms with Crippen LogP contribution in [-0.4, -0.2) is 80.4 Å². The lowest BCUT2D eigenvalue weighted by molar-refractivity contribution is -0.904. The molecule has 0 saturated carbocycles. The second-order valence-electron chi connectivity index (χ2n) is 11.7. The van der Waals surface area contributed by atoms with Gasteiger partial charge >= 0.3 is 0 Å². The van der Waals surface area contributed by atoms with Crippen molar-refractivity contribution in [2.24, 2.45) is 0 Å². The Kier molecular flexibility index (Phi) is 24.5. The Hall–Kier alpha value is -0.0500. The molecule has 39 heavy (non-hydrogen) atoms. The molecule has 0 aliphatic heterocycles. The van der Waals surface area contributed by atoms with Gasteiger partial charge in [0.1, 0.15) is 6.10 Å². The highest BCUT2D eigenvalue weighted by molar-refractivity contribution is 7.51. The lowest BCUT2D eigenvalue weighted by atomic mass is 10.0. The maximum absolute atomic E-state index is 12.9. The number of rotatable bonds is 29.